The van der Waals surface area contributed by atoms with Crippen molar-refractivity contribution in [1.29, 1.82) is 0 Å². The second-order valence-electron chi connectivity index (χ2n) is 8.69. The van der Waals surface area contributed by atoms with Crippen molar-refractivity contribution in [3.05, 3.63) is 145 Å². The van der Waals surface area contributed by atoms with Gasteiger partial charge in [-0.25, -0.2) is 19.2 Å². The van der Waals surface area contributed by atoms with E-state index in [0.717, 1.165) is 9.79 Å². The lowest BCUT2D eigenvalue weighted by Gasteiger charge is -2.10. The van der Waals surface area contributed by atoms with Crippen LogP contribution in [0.15, 0.2) is 132 Å². The van der Waals surface area contributed by atoms with Crippen molar-refractivity contribution in [3.63, 3.8) is 0 Å². The van der Waals surface area contributed by atoms with Gasteiger partial charge in [0.2, 0.25) is 0 Å². The molecule has 8 nitrogen and oxygen atoms in total. The van der Waals surface area contributed by atoms with Gasteiger partial charge in [0, 0.05) is 9.79 Å². The Morgan fingerprint density at radius 3 is 1.16 bits per heavy atom. The number of esters is 4. The third kappa shape index (κ3) is 8.31. The number of carbonyl (C=O) groups is 4. The largest absolute Gasteiger partial charge is 0.458 e. The third-order valence-corrected chi connectivity index (χ3v) is 6.72. The molecule has 0 unspecified atom stereocenters. The van der Waals surface area contributed by atoms with E-state index in [1.54, 1.807) is 72.8 Å². The second-order valence-corrected chi connectivity index (χ2v) is 9.84. The molecule has 0 heterocycles. The van der Waals surface area contributed by atoms with Crippen LogP contribution >= 0.6 is 11.8 Å². The predicted molar refractivity (Wildman–Crippen MR) is 161 cm³/mol. The summed E-state index contributed by atoms with van der Waals surface area (Å²) in [5.41, 5.74) is 0.385. The standard InChI is InChI=1S/C34H26O8S/c1-3-21-39-31(35)27-9-5-7-11-29(27)33(37)41-23-13-17-25(18-14-23)43-26-19-15-24(16-20-26)42-34(38)30-12-8-6-10-28(30)32(36)40-22-4-2/h3-20H,1-2,21-22H2. The van der Waals surface area contributed by atoms with Crippen LogP contribution in [0.2, 0.25) is 0 Å². The van der Waals surface area contributed by atoms with E-state index in [1.165, 1.54) is 48.2 Å². The van der Waals surface area contributed by atoms with Crippen LogP contribution in [0.5, 0.6) is 11.5 Å². The minimum atomic E-state index is -0.687. The summed E-state index contributed by atoms with van der Waals surface area (Å²) in [6.07, 6.45) is 2.88. The molecule has 0 spiro atoms. The average Bonchev–Trinajstić information content (AvgIpc) is 3.04. The SMILES string of the molecule is C=CCOC(=O)c1ccccc1C(=O)Oc1ccc(Sc2ccc(OC(=O)c3ccccc3C(=O)OCC=C)cc2)cc1. The second kappa shape index (κ2) is 15.0. The summed E-state index contributed by atoms with van der Waals surface area (Å²) in [5, 5.41) is 0. The van der Waals surface area contributed by atoms with E-state index in [4.69, 9.17) is 18.9 Å². The molecule has 0 saturated carbocycles. The summed E-state index contributed by atoms with van der Waals surface area (Å²) in [6, 6.07) is 26.2. The summed E-state index contributed by atoms with van der Waals surface area (Å²) >= 11 is 1.44. The Morgan fingerprint density at radius 1 is 0.512 bits per heavy atom. The van der Waals surface area contributed by atoms with Crippen LogP contribution in [-0.2, 0) is 9.47 Å². The van der Waals surface area contributed by atoms with Gasteiger partial charge < -0.3 is 18.9 Å². The summed E-state index contributed by atoms with van der Waals surface area (Å²) in [5.74, 6) is -2.05. The average molecular weight is 595 g/mol. The van der Waals surface area contributed by atoms with E-state index in [-0.39, 0.29) is 35.5 Å². The molecule has 4 rings (SSSR count). The fraction of sp³-hybridized carbons (Fsp3) is 0.0588. The summed E-state index contributed by atoms with van der Waals surface area (Å²) in [7, 11) is 0. The normalized spacial score (nSPS) is 10.2. The first-order valence-corrected chi connectivity index (χ1v) is 13.8. The number of rotatable bonds is 12. The minimum absolute atomic E-state index is 0.0262. The highest BCUT2D eigenvalue weighted by Gasteiger charge is 2.20. The molecule has 0 aromatic heterocycles. The smallest absolute Gasteiger partial charge is 0.344 e. The lowest BCUT2D eigenvalue weighted by atomic mass is 10.1. The zero-order chi connectivity index (χ0) is 30.6. The Balaban J connectivity index is 1.36. The fourth-order valence-corrected chi connectivity index (χ4v) is 4.53. The maximum absolute atomic E-state index is 12.8. The van der Waals surface area contributed by atoms with E-state index in [1.807, 2.05) is 0 Å². The van der Waals surface area contributed by atoms with Gasteiger partial charge in [0.1, 0.15) is 24.7 Å². The maximum atomic E-state index is 12.8. The predicted octanol–water partition coefficient (Wildman–Crippen LogP) is 6.96. The Morgan fingerprint density at radius 2 is 0.837 bits per heavy atom. The molecule has 9 heteroatoms. The lowest BCUT2D eigenvalue weighted by Crippen LogP contribution is -2.16. The lowest BCUT2D eigenvalue weighted by molar-refractivity contribution is 0.0534. The molecule has 43 heavy (non-hydrogen) atoms. The van der Waals surface area contributed by atoms with Crippen molar-refractivity contribution in [2.75, 3.05) is 13.2 Å². The van der Waals surface area contributed by atoms with Crippen LogP contribution < -0.4 is 9.47 Å². The van der Waals surface area contributed by atoms with Gasteiger partial charge in [0.05, 0.1) is 22.3 Å². The molecule has 0 aliphatic carbocycles. The molecule has 0 aliphatic rings. The Kier molecular flexibility index (Phi) is 10.7. The highest BCUT2D eigenvalue weighted by molar-refractivity contribution is 7.99. The summed E-state index contributed by atoms with van der Waals surface area (Å²) < 4.78 is 21.0. The number of hydrogen-bond acceptors (Lipinski definition) is 9. The van der Waals surface area contributed by atoms with Crippen molar-refractivity contribution in [3.8, 4) is 11.5 Å². The maximum Gasteiger partial charge on any atom is 0.344 e. The number of benzene rings is 4. The van der Waals surface area contributed by atoms with E-state index in [2.05, 4.69) is 13.2 Å². The van der Waals surface area contributed by atoms with Gasteiger partial charge in [0.15, 0.2) is 0 Å². The fourth-order valence-electron chi connectivity index (χ4n) is 3.71. The molecule has 216 valence electrons. The van der Waals surface area contributed by atoms with Gasteiger partial charge in [-0.2, -0.15) is 0 Å². The molecule has 0 atom stereocenters. The molecule has 4 aromatic rings. The number of hydrogen-bond donors (Lipinski definition) is 0. The quantitative estimate of drug-likeness (QED) is 0.0977. The Labute approximate surface area is 252 Å². The van der Waals surface area contributed by atoms with Gasteiger partial charge in [-0.15, -0.1) is 0 Å². The van der Waals surface area contributed by atoms with Crippen LogP contribution in [0, 0.1) is 0 Å². The van der Waals surface area contributed by atoms with Gasteiger partial charge in [-0.3, -0.25) is 0 Å². The van der Waals surface area contributed by atoms with Gasteiger partial charge in [-0.1, -0.05) is 61.3 Å². The molecule has 0 bridgehead atoms. The van der Waals surface area contributed by atoms with Crippen molar-refractivity contribution >= 4 is 35.6 Å². The summed E-state index contributed by atoms with van der Waals surface area (Å²) in [6.45, 7) is 7.07. The van der Waals surface area contributed by atoms with Crippen molar-refractivity contribution < 1.29 is 38.1 Å². The molecule has 4 aromatic carbocycles. The first kappa shape index (κ1) is 30.5. The first-order valence-electron chi connectivity index (χ1n) is 13.0. The van der Waals surface area contributed by atoms with Crippen LogP contribution in [0.3, 0.4) is 0 Å². The molecular formula is C34H26O8S. The van der Waals surface area contributed by atoms with E-state index >= 15 is 0 Å². The molecule has 0 saturated heterocycles. The van der Waals surface area contributed by atoms with E-state index < -0.39 is 23.9 Å². The molecule has 0 aliphatic heterocycles. The highest BCUT2D eigenvalue weighted by atomic mass is 32.2. The monoisotopic (exact) mass is 594 g/mol. The van der Waals surface area contributed by atoms with Crippen molar-refractivity contribution in [1.82, 2.24) is 0 Å². The zero-order valence-electron chi connectivity index (χ0n) is 22.9. The number of carbonyl (C=O) groups excluding carboxylic acids is 4. The molecule has 0 radical (unpaired) electrons. The van der Waals surface area contributed by atoms with Crippen LogP contribution in [0.25, 0.3) is 0 Å². The first-order chi connectivity index (χ1) is 20.9. The van der Waals surface area contributed by atoms with E-state index in [9.17, 15) is 19.2 Å². The van der Waals surface area contributed by atoms with Gasteiger partial charge in [-0.05, 0) is 72.8 Å². The third-order valence-electron chi connectivity index (χ3n) is 5.70. The number of ether oxygens (including phenoxy) is 4. The molecule has 0 N–H and O–H groups in total. The van der Waals surface area contributed by atoms with Gasteiger partial charge in [0.25, 0.3) is 0 Å². The minimum Gasteiger partial charge on any atom is -0.458 e. The molecular weight excluding hydrogens is 568 g/mol. The van der Waals surface area contributed by atoms with Gasteiger partial charge >= 0.3 is 23.9 Å². The topological polar surface area (TPSA) is 105 Å². The van der Waals surface area contributed by atoms with Crippen LogP contribution in [0.1, 0.15) is 41.4 Å². The van der Waals surface area contributed by atoms with Crippen molar-refractivity contribution in [2.24, 2.45) is 0 Å². The molecule has 0 amide bonds. The highest BCUT2D eigenvalue weighted by Crippen LogP contribution is 2.31. The van der Waals surface area contributed by atoms with Crippen LogP contribution in [-0.4, -0.2) is 37.1 Å². The van der Waals surface area contributed by atoms with Crippen LogP contribution in [0.4, 0.5) is 0 Å². The Bertz CT molecular complexity index is 1520. The summed E-state index contributed by atoms with van der Waals surface area (Å²) in [4.78, 5) is 51.8. The zero-order valence-corrected chi connectivity index (χ0v) is 23.7. The van der Waals surface area contributed by atoms with Crippen molar-refractivity contribution in [2.45, 2.75) is 9.79 Å². The van der Waals surface area contributed by atoms with E-state index in [0.29, 0.717) is 11.5 Å². The molecule has 0 fully saturated rings. The Hall–Kier alpha value is -5.41.